The smallest absolute Gasteiger partial charge is 0.0952 e. The zero-order valence-electron chi connectivity index (χ0n) is 3.90. The fraction of sp³-hybridized carbons (Fsp3) is 0.750. The summed E-state index contributed by atoms with van der Waals surface area (Å²) in [5, 5.41) is 8.78. The standard InChI is InChI=1S/C4H7N2S/c7-3-4-5-1-2-6-4/h4-6H,1-2H2. The molecule has 1 heterocycles. The first kappa shape index (κ1) is 5.15. The molecule has 39 valence electrons. The Bertz CT molecular complexity index is 68.1. The van der Waals surface area contributed by atoms with Crippen molar-refractivity contribution in [3.8, 4) is 0 Å². The minimum Gasteiger partial charge on any atom is -0.296 e. The number of thiocarbonyl (C=S) groups is 1. The van der Waals surface area contributed by atoms with Crippen LogP contribution in [-0.4, -0.2) is 24.6 Å². The predicted molar refractivity (Wildman–Crippen MR) is 32.4 cm³/mol. The minimum atomic E-state index is 0.162. The van der Waals surface area contributed by atoms with E-state index in [4.69, 9.17) is 0 Å². The SMILES string of the molecule is S=[C]C1NCCN1. The van der Waals surface area contributed by atoms with Gasteiger partial charge in [0.1, 0.15) is 0 Å². The molecule has 1 radical (unpaired) electrons. The molecular formula is C4H7N2S. The average Bonchev–Trinajstić information content (AvgIpc) is 2.14. The molecule has 0 unspecified atom stereocenters. The molecule has 0 amide bonds. The Kier molecular flexibility index (Phi) is 1.73. The summed E-state index contributed by atoms with van der Waals surface area (Å²) < 4.78 is 0. The van der Waals surface area contributed by atoms with Crippen molar-refractivity contribution in [2.45, 2.75) is 6.17 Å². The van der Waals surface area contributed by atoms with Crippen LogP contribution in [0.5, 0.6) is 0 Å². The van der Waals surface area contributed by atoms with Gasteiger partial charge in [-0.15, -0.1) is 0 Å². The van der Waals surface area contributed by atoms with E-state index in [9.17, 15) is 0 Å². The van der Waals surface area contributed by atoms with Crippen LogP contribution in [0.4, 0.5) is 0 Å². The summed E-state index contributed by atoms with van der Waals surface area (Å²) in [5.41, 5.74) is 0. The van der Waals surface area contributed by atoms with Crippen molar-refractivity contribution < 1.29 is 0 Å². The third-order valence-electron chi connectivity index (χ3n) is 0.940. The molecule has 0 aliphatic carbocycles. The lowest BCUT2D eigenvalue weighted by molar-refractivity contribution is 0.718. The molecule has 0 bridgehead atoms. The van der Waals surface area contributed by atoms with E-state index in [-0.39, 0.29) is 6.17 Å². The third kappa shape index (κ3) is 1.19. The van der Waals surface area contributed by atoms with Crippen LogP contribution in [-0.2, 0) is 0 Å². The highest BCUT2D eigenvalue weighted by molar-refractivity contribution is 7.79. The molecule has 0 aromatic carbocycles. The number of hydrogen-bond acceptors (Lipinski definition) is 3. The van der Waals surface area contributed by atoms with Gasteiger partial charge in [-0.1, -0.05) is 12.2 Å². The van der Waals surface area contributed by atoms with Gasteiger partial charge in [-0.2, -0.15) is 0 Å². The van der Waals surface area contributed by atoms with E-state index in [1.54, 1.807) is 0 Å². The van der Waals surface area contributed by atoms with E-state index in [1.165, 1.54) is 0 Å². The maximum Gasteiger partial charge on any atom is 0.0952 e. The monoisotopic (exact) mass is 115 g/mol. The van der Waals surface area contributed by atoms with Gasteiger partial charge in [0, 0.05) is 13.1 Å². The van der Waals surface area contributed by atoms with Crippen molar-refractivity contribution in [3.63, 3.8) is 0 Å². The summed E-state index contributed by atoms with van der Waals surface area (Å²) in [7, 11) is 0. The van der Waals surface area contributed by atoms with Gasteiger partial charge in [-0.25, -0.2) is 0 Å². The summed E-state index contributed by atoms with van der Waals surface area (Å²) in [6.45, 7) is 2.02. The first-order chi connectivity index (χ1) is 3.43. The lowest BCUT2D eigenvalue weighted by Crippen LogP contribution is -2.31. The van der Waals surface area contributed by atoms with E-state index in [0.29, 0.717) is 0 Å². The van der Waals surface area contributed by atoms with Gasteiger partial charge in [-0.3, -0.25) is 10.6 Å². The highest BCUT2D eigenvalue weighted by atomic mass is 32.1. The minimum absolute atomic E-state index is 0.162. The molecule has 1 rings (SSSR count). The van der Waals surface area contributed by atoms with Crippen molar-refractivity contribution in [1.29, 1.82) is 0 Å². The van der Waals surface area contributed by atoms with E-state index in [1.807, 2.05) is 0 Å². The van der Waals surface area contributed by atoms with Gasteiger partial charge in [0.05, 0.1) is 11.5 Å². The first-order valence-corrected chi connectivity index (χ1v) is 2.69. The molecule has 0 spiro atoms. The van der Waals surface area contributed by atoms with Crippen LogP contribution in [0.1, 0.15) is 0 Å². The Hall–Kier alpha value is 0.0100. The van der Waals surface area contributed by atoms with Gasteiger partial charge in [0.2, 0.25) is 0 Å². The maximum atomic E-state index is 4.54. The van der Waals surface area contributed by atoms with Crippen LogP contribution in [0.3, 0.4) is 0 Å². The highest BCUT2D eigenvalue weighted by Gasteiger charge is 2.07. The molecule has 0 atom stereocenters. The van der Waals surface area contributed by atoms with Crippen LogP contribution in [0.2, 0.25) is 0 Å². The summed E-state index contributed by atoms with van der Waals surface area (Å²) in [5.74, 6) is 0. The van der Waals surface area contributed by atoms with E-state index < -0.39 is 0 Å². The van der Waals surface area contributed by atoms with Crippen LogP contribution in [0.25, 0.3) is 0 Å². The molecule has 7 heavy (non-hydrogen) atoms. The van der Waals surface area contributed by atoms with Gasteiger partial charge in [0.15, 0.2) is 0 Å². The fourth-order valence-corrected chi connectivity index (χ4v) is 0.755. The lowest BCUT2D eigenvalue weighted by Gasteiger charge is -1.97. The molecule has 2 N–H and O–H groups in total. The van der Waals surface area contributed by atoms with Crippen LogP contribution < -0.4 is 10.6 Å². The zero-order chi connectivity index (χ0) is 5.11. The second-order valence-corrected chi connectivity index (χ2v) is 1.69. The predicted octanol–water partition coefficient (Wildman–Crippen LogP) is -0.618. The van der Waals surface area contributed by atoms with Gasteiger partial charge < -0.3 is 0 Å². The largest absolute Gasteiger partial charge is 0.296 e. The van der Waals surface area contributed by atoms with Gasteiger partial charge in [-0.05, 0) is 0 Å². The Morgan fingerprint density at radius 1 is 1.43 bits per heavy atom. The van der Waals surface area contributed by atoms with E-state index in [2.05, 4.69) is 28.2 Å². The molecule has 2 nitrogen and oxygen atoms in total. The Labute approximate surface area is 48.3 Å². The summed E-state index contributed by atoms with van der Waals surface area (Å²) in [6.07, 6.45) is 0.162. The molecule has 0 aromatic rings. The summed E-state index contributed by atoms with van der Waals surface area (Å²) in [6, 6.07) is 0. The molecule has 1 aliphatic heterocycles. The zero-order valence-corrected chi connectivity index (χ0v) is 4.72. The number of nitrogens with one attached hydrogen (secondary N) is 2. The van der Waals surface area contributed by atoms with Crippen molar-refractivity contribution in [2.24, 2.45) is 0 Å². The second kappa shape index (κ2) is 2.35. The normalized spacial score (nSPS) is 22.9. The molecule has 1 aliphatic rings. The molecule has 3 heteroatoms. The quantitative estimate of drug-likeness (QED) is 0.445. The average molecular weight is 115 g/mol. The van der Waals surface area contributed by atoms with Gasteiger partial charge >= 0.3 is 0 Å². The lowest BCUT2D eigenvalue weighted by atomic mass is 10.6. The van der Waals surface area contributed by atoms with Crippen molar-refractivity contribution in [1.82, 2.24) is 10.6 Å². The van der Waals surface area contributed by atoms with Crippen LogP contribution in [0, 0.1) is 0 Å². The Morgan fingerprint density at radius 3 is 2.29 bits per heavy atom. The van der Waals surface area contributed by atoms with Crippen molar-refractivity contribution in [2.75, 3.05) is 13.1 Å². The summed E-state index contributed by atoms with van der Waals surface area (Å²) in [4.78, 5) is 0. The maximum absolute atomic E-state index is 4.54. The molecular weight excluding hydrogens is 108 g/mol. The van der Waals surface area contributed by atoms with Crippen molar-refractivity contribution >= 4 is 17.6 Å². The van der Waals surface area contributed by atoms with Gasteiger partial charge in [0.25, 0.3) is 0 Å². The topological polar surface area (TPSA) is 24.1 Å². The highest BCUT2D eigenvalue weighted by Crippen LogP contribution is 1.78. The third-order valence-corrected chi connectivity index (χ3v) is 1.18. The molecule has 0 aromatic heterocycles. The Balaban J connectivity index is 2.26. The molecule has 0 saturated carbocycles. The fourth-order valence-electron chi connectivity index (χ4n) is 0.589. The van der Waals surface area contributed by atoms with E-state index in [0.717, 1.165) is 13.1 Å². The second-order valence-electron chi connectivity index (χ2n) is 1.46. The van der Waals surface area contributed by atoms with E-state index >= 15 is 0 Å². The van der Waals surface area contributed by atoms with Crippen LogP contribution in [0.15, 0.2) is 0 Å². The Morgan fingerprint density at radius 2 is 2.00 bits per heavy atom. The summed E-state index contributed by atoms with van der Waals surface area (Å²) >= 11 is 4.54. The first-order valence-electron chi connectivity index (χ1n) is 2.28. The van der Waals surface area contributed by atoms with Crippen molar-refractivity contribution in [3.05, 3.63) is 0 Å². The number of rotatable bonds is 1. The molecule has 1 fully saturated rings. The van der Waals surface area contributed by atoms with Crippen LogP contribution >= 0.6 is 12.2 Å². The number of hydrogen-bond donors (Lipinski definition) is 2. The molecule has 1 saturated heterocycles.